The van der Waals surface area contributed by atoms with Gasteiger partial charge in [-0.15, -0.1) is 0 Å². The topological polar surface area (TPSA) is 29.1 Å². The van der Waals surface area contributed by atoms with Gasteiger partial charge in [-0.25, -0.2) is 0 Å². The second-order valence-electron chi connectivity index (χ2n) is 7.51. The van der Waals surface area contributed by atoms with Crippen LogP contribution in [0, 0.1) is 0 Å². The molecule has 1 amide bonds. The van der Waals surface area contributed by atoms with Crippen LogP contribution in [-0.4, -0.2) is 11.9 Å². The van der Waals surface area contributed by atoms with Crippen molar-refractivity contribution in [3.8, 4) is 0 Å². The van der Waals surface area contributed by atoms with Gasteiger partial charge in [-0.2, -0.15) is 0 Å². The minimum absolute atomic E-state index is 0.0317. The van der Waals surface area contributed by atoms with Crippen LogP contribution in [0.4, 0.5) is 0 Å². The first kappa shape index (κ1) is 17.3. The van der Waals surface area contributed by atoms with Crippen LogP contribution in [0.15, 0.2) is 72.8 Å². The Kier molecular flexibility index (Phi) is 4.29. The van der Waals surface area contributed by atoms with Gasteiger partial charge < -0.3 is 5.32 Å². The smallest absolute Gasteiger partial charge is 0.251 e. The van der Waals surface area contributed by atoms with Crippen LogP contribution in [0.3, 0.4) is 0 Å². The Morgan fingerprint density at radius 1 is 0.857 bits per heavy atom. The van der Waals surface area contributed by atoms with Gasteiger partial charge in [-0.1, -0.05) is 60.1 Å². The number of nitrogens with one attached hydrogen (secondary N) is 1. The van der Waals surface area contributed by atoms with Crippen molar-refractivity contribution in [2.24, 2.45) is 0 Å². The predicted molar refractivity (Wildman–Crippen MR) is 116 cm³/mol. The molecule has 4 aromatic rings. The van der Waals surface area contributed by atoms with Crippen LogP contribution in [0.5, 0.6) is 0 Å². The number of amides is 1. The average molecular weight is 386 g/mol. The zero-order valence-corrected chi connectivity index (χ0v) is 16.2. The van der Waals surface area contributed by atoms with Crippen molar-refractivity contribution in [3.05, 3.63) is 94.5 Å². The van der Waals surface area contributed by atoms with Gasteiger partial charge in [0.05, 0.1) is 0 Å². The maximum absolute atomic E-state index is 12.6. The molecule has 28 heavy (non-hydrogen) atoms. The zero-order valence-electron chi connectivity index (χ0n) is 15.4. The quantitative estimate of drug-likeness (QED) is 0.425. The molecule has 5 rings (SSSR count). The molecule has 0 heterocycles. The van der Waals surface area contributed by atoms with Crippen LogP contribution in [0.1, 0.15) is 27.9 Å². The van der Waals surface area contributed by atoms with E-state index in [1.165, 1.54) is 32.7 Å². The Balaban J connectivity index is 1.47. The molecule has 1 atom stereocenters. The lowest BCUT2D eigenvalue weighted by Gasteiger charge is -2.27. The summed E-state index contributed by atoms with van der Waals surface area (Å²) in [4.78, 5) is 12.6. The van der Waals surface area contributed by atoms with Crippen LogP contribution >= 0.6 is 11.6 Å². The molecule has 3 heteroatoms. The van der Waals surface area contributed by atoms with Crippen molar-refractivity contribution < 1.29 is 4.79 Å². The summed E-state index contributed by atoms with van der Waals surface area (Å²) in [6.07, 6.45) is 2.82. The summed E-state index contributed by atoms with van der Waals surface area (Å²) in [6, 6.07) is 24.7. The summed E-state index contributed by atoms with van der Waals surface area (Å²) < 4.78 is 0. The summed E-state index contributed by atoms with van der Waals surface area (Å²) in [7, 11) is 0. The molecule has 0 aromatic heterocycles. The number of benzene rings is 4. The minimum Gasteiger partial charge on any atom is -0.349 e. The van der Waals surface area contributed by atoms with Crippen LogP contribution < -0.4 is 5.32 Å². The van der Waals surface area contributed by atoms with Gasteiger partial charge >= 0.3 is 0 Å². The third-order valence-corrected chi connectivity index (χ3v) is 6.04. The molecule has 4 aromatic carbocycles. The molecule has 1 aliphatic rings. The van der Waals surface area contributed by atoms with Crippen molar-refractivity contribution >= 4 is 39.1 Å². The number of hydrogen-bond acceptors (Lipinski definition) is 1. The van der Waals surface area contributed by atoms with Gasteiger partial charge in [-0.3, -0.25) is 4.79 Å². The summed E-state index contributed by atoms with van der Waals surface area (Å²) >= 11 is 5.93. The highest BCUT2D eigenvalue weighted by molar-refractivity contribution is 6.30. The van der Waals surface area contributed by atoms with E-state index in [1.54, 1.807) is 24.3 Å². The number of carbonyl (C=O) groups excluding carboxylic acids is 1. The van der Waals surface area contributed by atoms with E-state index in [2.05, 4.69) is 53.8 Å². The van der Waals surface area contributed by atoms with E-state index in [4.69, 9.17) is 11.6 Å². The number of fused-ring (bicyclic) bond motifs is 5. The molecule has 0 spiro atoms. The van der Waals surface area contributed by atoms with E-state index in [9.17, 15) is 4.79 Å². The average Bonchev–Trinajstić information content (AvgIpc) is 2.73. The number of carbonyl (C=O) groups is 1. The molecule has 1 N–H and O–H groups in total. The summed E-state index contributed by atoms with van der Waals surface area (Å²) in [5.41, 5.74) is 3.43. The van der Waals surface area contributed by atoms with E-state index in [-0.39, 0.29) is 11.9 Å². The standard InChI is InChI=1S/C25H20ClNO/c26-19-10-5-18(6-11-19)25(28)27-20-12-7-17-9-13-22-21-4-2-1-3-16(21)8-14-23(22)24(17)15-20/h1-6,8-11,13-14,20H,7,12,15H2,(H,27,28). The minimum atomic E-state index is -0.0317. The predicted octanol–water partition coefficient (Wildman–Crippen LogP) is 5.93. The van der Waals surface area contributed by atoms with E-state index < -0.39 is 0 Å². The Morgan fingerprint density at radius 2 is 1.64 bits per heavy atom. The third kappa shape index (κ3) is 3.04. The molecule has 2 nitrogen and oxygen atoms in total. The second kappa shape index (κ2) is 6.96. The molecule has 1 unspecified atom stereocenters. The lowest BCUT2D eigenvalue weighted by atomic mass is 9.84. The third-order valence-electron chi connectivity index (χ3n) is 5.79. The van der Waals surface area contributed by atoms with Crippen LogP contribution in [0.25, 0.3) is 21.5 Å². The first-order valence-corrected chi connectivity index (χ1v) is 10.1. The molecule has 1 aliphatic carbocycles. The Hall–Kier alpha value is -2.84. The van der Waals surface area contributed by atoms with E-state index >= 15 is 0 Å². The monoisotopic (exact) mass is 385 g/mol. The van der Waals surface area contributed by atoms with Crippen molar-refractivity contribution in [2.75, 3.05) is 0 Å². The van der Waals surface area contributed by atoms with Crippen LogP contribution in [-0.2, 0) is 12.8 Å². The van der Waals surface area contributed by atoms with Crippen molar-refractivity contribution in [1.82, 2.24) is 5.32 Å². The van der Waals surface area contributed by atoms with Crippen molar-refractivity contribution in [1.29, 1.82) is 0 Å². The van der Waals surface area contributed by atoms with Gasteiger partial charge in [0.2, 0.25) is 0 Å². The van der Waals surface area contributed by atoms with Gasteiger partial charge in [0, 0.05) is 16.6 Å². The highest BCUT2D eigenvalue weighted by Gasteiger charge is 2.22. The lowest BCUT2D eigenvalue weighted by Crippen LogP contribution is -2.38. The molecule has 0 bridgehead atoms. The van der Waals surface area contributed by atoms with Gasteiger partial charge in [-0.05, 0) is 76.2 Å². The molecule has 0 aliphatic heterocycles. The van der Waals surface area contributed by atoms with Gasteiger partial charge in [0.15, 0.2) is 0 Å². The molecular weight excluding hydrogens is 366 g/mol. The number of hydrogen-bond donors (Lipinski definition) is 1. The molecule has 0 saturated heterocycles. The fourth-order valence-corrected chi connectivity index (χ4v) is 4.47. The van der Waals surface area contributed by atoms with Gasteiger partial charge in [0.1, 0.15) is 0 Å². The van der Waals surface area contributed by atoms with Crippen LogP contribution in [0.2, 0.25) is 5.02 Å². The van der Waals surface area contributed by atoms with E-state index in [0.717, 1.165) is 19.3 Å². The summed E-state index contributed by atoms with van der Waals surface area (Å²) in [6.45, 7) is 0. The highest BCUT2D eigenvalue weighted by Crippen LogP contribution is 2.33. The second-order valence-corrected chi connectivity index (χ2v) is 7.94. The van der Waals surface area contributed by atoms with Gasteiger partial charge in [0.25, 0.3) is 5.91 Å². The fraction of sp³-hybridized carbons (Fsp3) is 0.160. The summed E-state index contributed by atoms with van der Waals surface area (Å²) in [5.74, 6) is -0.0317. The first-order chi connectivity index (χ1) is 13.7. The van der Waals surface area contributed by atoms with E-state index in [0.29, 0.717) is 10.6 Å². The SMILES string of the molecule is O=C(NC1CCc2ccc3c(ccc4ccccc43)c2C1)c1ccc(Cl)cc1. The number of halogens is 1. The van der Waals surface area contributed by atoms with E-state index in [1.807, 2.05) is 0 Å². The zero-order chi connectivity index (χ0) is 19.1. The maximum Gasteiger partial charge on any atom is 0.251 e. The molecule has 0 saturated carbocycles. The maximum atomic E-state index is 12.6. The molecular formula is C25H20ClNO. The number of aryl methyl sites for hydroxylation is 1. The molecule has 138 valence electrons. The first-order valence-electron chi connectivity index (χ1n) is 9.68. The Labute approximate surface area is 169 Å². The fourth-order valence-electron chi connectivity index (χ4n) is 4.34. The largest absolute Gasteiger partial charge is 0.349 e. The molecule has 0 fully saturated rings. The molecule has 0 radical (unpaired) electrons. The van der Waals surface area contributed by atoms with Crippen molar-refractivity contribution in [3.63, 3.8) is 0 Å². The number of rotatable bonds is 2. The Morgan fingerprint density at radius 3 is 2.50 bits per heavy atom. The Bertz CT molecular complexity index is 1200. The summed E-state index contributed by atoms with van der Waals surface area (Å²) in [5, 5.41) is 9.01. The van der Waals surface area contributed by atoms with Crippen molar-refractivity contribution in [2.45, 2.75) is 25.3 Å². The normalized spacial score (nSPS) is 16.1. The highest BCUT2D eigenvalue weighted by atomic mass is 35.5. The lowest BCUT2D eigenvalue weighted by molar-refractivity contribution is 0.0934.